The molecule has 6 heteroatoms. The van der Waals surface area contributed by atoms with Gasteiger partial charge in [-0.3, -0.25) is 9.59 Å². The summed E-state index contributed by atoms with van der Waals surface area (Å²) in [4.78, 5) is 24.6. The molecule has 0 heterocycles. The zero-order valence-electron chi connectivity index (χ0n) is 8.50. The molecule has 2 atom stereocenters. The third-order valence-corrected chi connectivity index (χ3v) is 1.82. The number of aliphatic hydroxyl groups is 1. The van der Waals surface area contributed by atoms with Crippen molar-refractivity contribution in [3.05, 3.63) is 0 Å². The predicted octanol–water partition coefficient (Wildman–Crippen LogP) is -0.656. The van der Waals surface area contributed by atoms with Gasteiger partial charge in [0.1, 0.15) is 6.04 Å². The summed E-state index contributed by atoms with van der Waals surface area (Å²) >= 11 is 2.87. The first-order valence-corrected chi connectivity index (χ1v) is 5.09. The van der Waals surface area contributed by atoms with Crippen molar-refractivity contribution in [1.29, 1.82) is 0 Å². The summed E-state index contributed by atoms with van der Waals surface area (Å²) in [6.45, 7) is 2.87. The van der Waals surface area contributed by atoms with Gasteiger partial charge in [-0.2, -0.15) is 0 Å². The molecule has 0 radical (unpaired) electrons. The molecular weight excluding hydrogens is 264 g/mol. The van der Waals surface area contributed by atoms with E-state index in [-0.39, 0.29) is 12.5 Å². The van der Waals surface area contributed by atoms with Gasteiger partial charge in [0.15, 0.2) is 0 Å². The van der Waals surface area contributed by atoms with E-state index in [9.17, 15) is 14.7 Å². The summed E-state index contributed by atoms with van der Waals surface area (Å²) < 4.78 is 0. The summed E-state index contributed by atoms with van der Waals surface area (Å²) in [7, 11) is 0. The Labute approximate surface area is 96.7 Å². The molecule has 0 saturated carbocycles. The van der Waals surface area contributed by atoms with Gasteiger partial charge < -0.3 is 15.7 Å². The largest absolute Gasteiger partial charge is 0.391 e. The number of hydrogen-bond acceptors (Lipinski definition) is 3. The van der Waals surface area contributed by atoms with E-state index in [2.05, 4.69) is 37.3 Å². The zero-order valence-corrected chi connectivity index (χ0v) is 10.1. The first kappa shape index (κ1) is 13.9. The van der Waals surface area contributed by atoms with Crippen LogP contribution in [0.15, 0.2) is 0 Å². The third-order valence-electron chi connectivity index (χ3n) is 1.54. The Morgan fingerprint density at radius 1 is 1.53 bits per heavy atom. The van der Waals surface area contributed by atoms with E-state index in [0.29, 0.717) is 0 Å². The molecule has 0 aromatic carbocycles. The number of halogens is 1. The van der Waals surface area contributed by atoms with Crippen LogP contribution in [0.3, 0.4) is 0 Å². The average Bonchev–Trinajstić information content (AvgIpc) is 2.13. The first-order chi connectivity index (χ1) is 6.99. The topological polar surface area (TPSA) is 78.4 Å². The van der Waals surface area contributed by atoms with Gasteiger partial charge in [0.05, 0.1) is 12.6 Å². The molecule has 3 N–H and O–H groups in total. The lowest BCUT2D eigenvalue weighted by atomic mass is 10.1. The summed E-state index contributed by atoms with van der Waals surface area (Å²) in [5, 5.41) is 14.1. The third kappa shape index (κ3) is 6.10. The summed E-state index contributed by atoms with van der Waals surface area (Å²) in [5.74, 6) is 1.73. The van der Waals surface area contributed by atoms with Crippen molar-refractivity contribution in [2.45, 2.75) is 26.0 Å². The number of amides is 2. The maximum atomic E-state index is 11.4. The van der Waals surface area contributed by atoms with Gasteiger partial charge in [-0.1, -0.05) is 5.92 Å². The predicted molar refractivity (Wildman–Crippen MR) is 59.0 cm³/mol. The van der Waals surface area contributed by atoms with Crippen molar-refractivity contribution in [3.63, 3.8) is 0 Å². The highest BCUT2D eigenvalue weighted by Gasteiger charge is 2.23. The summed E-state index contributed by atoms with van der Waals surface area (Å²) in [5.41, 5.74) is 0. The Morgan fingerprint density at radius 2 is 2.13 bits per heavy atom. The molecule has 0 aromatic rings. The first-order valence-electron chi connectivity index (χ1n) is 4.30. The number of rotatable bonds is 4. The SMILES string of the molecule is CC(=O)N[C@H](C(=O)NCC#CBr)[C@H](C)O. The van der Waals surface area contributed by atoms with E-state index in [4.69, 9.17) is 0 Å². The molecule has 5 nitrogen and oxygen atoms in total. The lowest BCUT2D eigenvalue weighted by Crippen LogP contribution is -2.51. The molecule has 15 heavy (non-hydrogen) atoms. The Balaban J connectivity index is 4.27. The lowest BCUT2D eigenvalue weighted by molar-refractivity contribution is -0.130. The van der Waals surface area contributed by atoms with E-state index in [0.717, 1.165) is 0 Å². The molecule has 0 aliphatic rings. The van der Waals surface area contributed by atoms with E-state index in [1.54, 1.807) is 0 Å². The minimum Gasteiger partial charge on any atom is -0.391 e. The Morgan fingerprint density at radius 3 is 2.53 bits per heavy atom. The molecule has 0 aliphatic heterocycles. The number of hydrogen-bond donors (Lipinski definition) is 3. The molecule has 0 bridgehead atoms. The molecule has 0 saturated heterocycles. The van der Waals surface area contributed by atoms with Crippen LogP contribution >= 0.6 is 15.9 Å². The van der Waals surface area contributed by atoms with Crippen LogP contribution in [-0.2, 0) is 9.59 Å². The van der Waals surface area contributed by atoms with Gasteiger partial charge in [-0.05, 0) is 11.8 Å². The van der Waals surface area contributed by atoms with Crippen molar-refractivity contribution < 1.29 is 14.7 Å². The molecule has 2 amide bonds. The number of aliphatic hydroxyl groups excluding tert-OH is 1. The van der Waals surface area contributed by atoms with Gasteiger partial charge >= 0.3 is 0 Å². The van der Waals surface area contributed by atoms with Crippen molar-refractivity contribution in [2.75, 3.05) is 6.54 Å². The average molecular weight is 277 g/mol. The normalized spacial score (nSPS) is 13.1. The molecule has 0 aromatic heterocycles. The van der Waals surface area contributed by atoms with Crippen LogP contribution in [0.4, 0.5) is 0 Å². The maximum Gasteiger partial charge on any atom is 0.246 e. The quantitative estimate of drug-likeness (QED) is 0.597. The van der Waals surface area contributed by atoms with Gasteiger partial charge in [0, 0.05) is 22.9 Å². The standard InChI is InChI=1S/C9H13BrN2O3/c1-6(13)8(12-7(2)14)9(15)11-5-3-4-10/h6,8,13H,5H2,1-2H3,(H,11,15)(H,12,14)/t6-,8-/m0/s1. The minimum atomic E-state index is -0.953. The molecule has 0 aliphatic carbocycles. The van der Waals surface area contributed by atoms with Crippen LogP contribution in [0.5, 0.6) is 0 Å². The van der Waals surface area contributed by atoms with Gasteiger partial charge in [-0.25, -0.2) is 0 Å². The molecule has 0 unspecified atom stereocenters. The van der Waals surface area contributed by atoms with Gasteiger partial charge in [-0.15, -0.1) is 0 Å². The van der Waals surface area contributed by atoms with Crippen molar-refractivity contribution >= 4 is 27.7 Å². The number of carbonyl (C=O) groups is 2. The van der Waals surface area contributed by atoms with E-state index >= 15 is 0 Å². The van der Waals surface area contributed by atoms with Gasteiger partial charge in [0.2, 0.25) is 11.8 Å². The monoisotopic (exact) mass is 276 g/mol. The highest BCUT2D eigenvalue weighted by molar-refractivity contribution is 9.12. The highest BCUT2D eigenvalue weighted by Crippen LogP contribution is 1.92. The Kier molecular flexibility index (Phi) is 6.75. The van der Waals surface area contributed by atoms with Crippen LogP contribution in [0.25, 0.3) is 0 Å². The fourth-order valence-electron chi connectivity index (χ4n) is 0.899. The van der Waals surface area contributed by atoms with E-state index < -0.39 is 18.1 Å². The Bertz CT molecular complexity index is 293. The second kappa shape index (κ2) is 7.26. The van der Waals surface area contributed by atoms with Crippen molar-refractivity contribution in [1.82, 2.24) is 10.6 Å². The molecular formula is C9H13BrN2O3. The smallest absolute Gasteiger partial charge is 0.246 e. The summed E-state index contributed by atoms with van der Waals surface area (Å²) in [6.07, 6.45) is -0.953. The Hall–Kier alpha value is -1.06. The van der Waals surface area contributed by atoms with Crippen LogP contribution in [-0.4, -0.2) is 35.6 Å². The molecule has 84 valence electrons. The van der Waals surface area contributed by atoms with Crippen molar-refractivity contribution in [2.24, 2.45) is 0 Å². The summed E-state index contributed by atoms with van der Waals surface area (Å²) in [6, 6.07) is -0.945. The zero-order chi connectivity index (χ0) is 11.8. The fraction of sp³-hybridized carbons (Fsp3) is 0.556. The van der Waals surface area contributed by atoms with Crippen LogP contribution in [0.2, 0.25) is 0 Å². The van der Waals surface area contributed by atoms with Crippen molar-refractivity contribution in [3.8, 4) is 10.8 Å². The molecule has 0 spiro atoms. The number of nitrogens with one attached hydrogen (secondary N) is 2. The van der Waals surface area contributed by atoms with Crippen LogP contribution in [0.1, 0.15) is 13.8 Å². The molecule has 0 rings (SSSR count). The lowest BCUT2D eigenvalue weighted by Gasteiger charge is -2.19. The fourth-order valence-corrected chi connectivity index (χ4v) is 1.04. The minimum absolute atomic E-state index is 0.160. The van der Waals surface area contributed by atoms with E-state index in [1.165, 1.54) is 13.8 Å². The highest BCUT2D eigenvalue weighted by atomic mass is 79.9. The molecule has 0 fully saturated rings. The van der Waals surface area contributed by atoms with E-state index in [1.807, 2.05) is 0 Å². The second-order valence-corrected chi connectivity index (χ2v) is 3.30. The number of carbonyl (C=O) groups excluding carboxylic acids is 2. The second-order valence-electron chi connectivity index (χ2n) is 2.91. The van der Waals surface area contributed by atoms with Crippen LogP contribution in [0, 0.1) is 10.8 Å². The maximum absolute atomic E-state index is 11.4. The van der Waals surface area contributed by atoms with Crippen LogP contribution < -0.4 is 10.6 Å². The van der Waals surface area contributed by atoms with Gasteiger partial charge in [0.25, 0.3) is 0 Å².